The van der Waals surface area contributed by atoms with Gasteiger partial charge in [0.25, 0.3) is 0 Å². The Labute approximate surface area is 76.7 Å². The maximum Gasteiger partial charge on any atom is 0.0712 e. The molecule has 3 radical (unpaired) electrons. The van der Waals surface area contributed by atoms with Crippen molar-refractivity contribution in [1.82, 2.24) is 0 Å². The van der Waals surface area contributed by atoms with E-state index in [1.54, 1.807) is 0 Å². The van der Waals surface area contributed by atoms with E-state index in [0.29, 0.717) is 0 Å². The fourth-order valence-corrected chi connectivity index (χ4v) is 1.90. The quantitative estimate of drug-likeness (QED) is 0.567. The number of benzene rings is 1. The Morgan fingerprint density at radius 1 is 1.25 bits per heavy atom. The van der Waals surface area contributed by atoms with Crippen molar-refractivity contribution in [3.8, 4) is 0 Å². The molecule has 0 bridgehead atoms. The van der Waals surface area contributed by atoms with E-state index in [1.807, 2.05) is 0 Å². The lowest BCUT2D eigenvalue weighted by Crippen LogP contribution is -2.01. The molecule has 0 aromatic heterocycles. The summed E-state index contributed by atoms with van der Waals surface area (Å²) in [4.78, 5) is 0. The van der Waals surface area contributed by atoms with Gasteiger partial charge in [0, 0.05) is 0 Å². The van der Waals surface area contributed by atoms with E-state index in [9.17, 15) is 0 Å². The number of hydrogen-bond acceptors (Lipinski definition) is 0. The SMILES string of the molecule is [Si]c1cccc(C2=CCCC2)c1. The lowest BCUT2D eigenvalue weighted by molar-refractivity contribution is 0.935. The van der Waals surface area contributed by atoms with Gasteiger partial charge in [0.05, 0.1) is 10.2 Å². The van der Waals surface area contributed by atoms with E-state index >= 15 is 0 Å². The monoisotopic (exact) mass is 171 g/mol. The highest BCUT2D eigenvalue weighted by Gasteiger charge is 2.05. The summed E-state index contributed by atoms with van der Waals surface area (Å²) in [5, 5.41) is 1.17. The zero-order chi connectivity index (χ0) is 8.39. The molecule has 1 aromatic rings. The predicted molar refractivity (Wildman–Crippen MR) is 53.7 cm³/mol. The van der Waals surface area contributed by atoms with Gasteiger partial charge in [-0.2, -0.15) is 0 Å². The van der Waals surface area contributed by atoms with Crippen molar-refractivity contribution in [3.05, 3.63) is 35.9 Å². The van der Waals surface area contributed by atoms with Gasteiger partial charge in [-0.15, -0.1) is 0 Å². The molecular weight excluding hydrogens is 160 g/mol. The highest BCUT2D eigenvalue weighted by molar-refractivity contribution is 6.32. The standard InChI is InChI=1S/C11H11Si/c12-11-7-3-6-10(8-11)9-4-1-2-5-9/h3-4,6-8H,1-2,5H2. The summed E-state index contributed by atoms with van der Waals surface area (Å²) < 4.78 is 0. The largest absolute Gasteiger partial charge is 0.0807 e. The third kappa shape index (κ3) is 1.51. The van der Waals surface area contributed by atoms with Crippen LogP contribution in [0.25, 0.3) is 5.57 Å². The molecule has 1 aliphatic rings. The first-order chi connectivity index (χ1) is 5.86. The summed E-state index contributed by atoms with van der Waals surface area (Å²) in [6, 6.07) is 8.53. The summed E-state index contributed by atoms with van der Waals surface area (Å²) in [5.74, 6) is 0. The van der Waals surface area contributed by atoms with Crippen molar-refractivity contribution in [2.24, 2.45) is 0 Å². The van der Waals surface area contributed by atoms with Crippen molar-refractivity contribution in [2.75, 3.05) is 0 Å². The number of rotatable bonds is 1. The molecule has 1 aromatic carbocycles. The molecule has 0 fully saturated rings. The van der Waals surface area contributed by atoms with Crippen LogP contribution in [0.3, 0.4) is 0 Å². The minimum absolute atomic E-state index is 1.17. The molecule has 0 spiro atoms. The second-order valence-electron chi connectivity index (χ2n) is 3.20. The van der Waals surface area contributed by atoms with E-state index in [4.69, 9.17) is 0 Å². The van der Waals surface area contributed by atoms with Gasteiger partial charge in [0.15, 0.2) is 0 Å². The molecule has 1 heteroatoms. The average Bonchev–Trinajstić information content (AvgIpc) is 2.56. The van der Waals surface area contributed by atoms with Crippen LogP contribution in [0.4, 0.5) is 0 Å². The Balaban J connectivity index is 2.33. The zero-order valence-electron chi connectivity index (χ0n) is 7.01. The molecule has 0 heterocycles. The van der Waals surface area contributed by atoms with Crippen LogP contribution in [0.5, 0.6) is 0 Å². The molecule has 0 unspecified atom stereocenters. The van der Waals surface area contributed by atoms with Crippen LogP contribution < -0.4 is 5.19 Å². The van der Waals surface area contributed by atoms with Crippen molar-refractivity contribution in [1.29, 1.82) is 0 Å². The Morgan fingerprint density at radius 2 is 2.17 bits per heavy atom. The van der Waals surface area contributed by atoms with Gasteiger partial charge in [-0.25, -0.2) is 0 Å². The summed E-state index contributed by atoms with van der Waals surface area (Å²) in [6.07, 6.45) is 6.17. The zero-order valence-corrected chi connectivity index (χ0v) is 8.01. The van der Waals surface area contributed by atoms with Crippen molar-refractivity contribution < 1.29 is 0 Å². The highest BCUT2D eigenvalue weighted by Crippen LogP contribution is 2.26. The van der Waals surface area contributed by atoms with E-state index in [0.717, 1.165) is 0 Å². The Kier molecular flexibility index (Phi) is 2.13. The van der Waals surface area contributed by atoms with Crippen LogP contribution in [-0.4, -0.2) is 10.2 Å². The second-order valence-corrected chi connectivity index (χ2v) is 3.78. The molecule has 0 atom stereocenters. The van der Waals surface area contributed by atoms with E-state index < -0.39 is 0 Å². The Bertz CT molecular complexity index is 313. The van der Waals surface area contributed by atoms with Crippen LogP contribution in [0.1, 0.15) is 24.8 Å². The first kappa shape index (κ1) is 7.81. The minimum Gasteiger partial charge on any atom is -0.0807 e. The molecule has 2 rings (SSSR count). The normalized spacial score (nSPS) is 16.2. The average molecular weight is 171 g/mol. The smallest absolute Gasteiger partial charge is 0.0712 e. The third-order valence-corrected chi connectivity index (χ3v) is 2.59. The molecule has 0 N–H and O–H groups in total. The molecular formula is C11H11Si. The summed E-state index contributed by atoms with van der Waals surface area (Å²) in [5.41, 5.74) is 2.88. The maximum atomic E-state index is 3.53. The van der Waals surface area contributed by atoms with Crippen LogP contribution in [-0.2, 0) is 0 Å². The molecule has 59 valence electrons. The van der Waals surface area contributed by atoms with Gasteiger partial charge >= 0.3 is 0 Å². The van der Waals surface area contributed by atoms with Crippen molar-refractivity contribution in [2.45, 2.75) is 19.3 Å². The molecule has 12 heavy (non-hydrogen) atoms. The maximum absolute atomic E-state index is 3.53. The lowest BCUT2D eigenvalue weighted by atomic mass is 10.1. The summed E-state index contributed by atoms with van der Waals surface area (Å²) >= 11 is 0. The van der Waals surface area contributed by atoms with Crippen molar-refractivity contribution in [3.63, 3.8) is 0 Å². The first-order valence-electron chi connectivity index (χ1n) is 4.37. The van der Waals surface area contributed by atoms with Crippen LogP contribution >= 0.6 is 0 Å². The fraction of sp³-hybridized carbons (Fsp3) is 0.273. The first-order valence-corrected chi connectivity index (χ1v) is 4.87. The van der Waals surface area contributed by atoms with E-state index in [-0.39, 0.29) is 0 Å². The van der Waals surface area contributed by atoms with Crippen LogP contribution in [0.2, 0.25) is 0 Å². The Hall–Kier alpha value is -0.823. The predicted octanol–water partition coefficient (Wildman–Crippen LogP) is 2.05. The van der Waals surface area contributed by atoms with E-state index in [2.05, 4.69) is 40.6 Å². The third-order valence-electron chi connectivity index (χ3n) is 2.27. The lowest BCUT2D eigenvalue weighted by Gasteiger charge is -2.02. The Morgan fingerprint density at radius 3 is 2.83 bits per heavy atom. The van der Waals surface area contributed by atoms with Gasteiger partial charge in [-0.3, -0.25) is 0 Å². The molecule has 0 aliphatic heterocycles. The van der Waals surface area contributed by atoms with Crippen molar-refractivity contribution >= 4 is 21.0 Å². The van der Waals surface area contributed by atoms with Gasteiger partial charge in [0.2, 0.25) is 0 Å². The highest BCUT2D eigenvalue weighted by atomic mass is 28.1. The number of hydrogen-bond donors (Lipinski definition) is 0. The molecule has 1 aliphatic carbocycles. The molecule has 0 saturated heterocycles. The molecule has 0 nitrogen and oxygen atoms in total. The molecule has 0 saturated carbocycles. The van der Waals surface area contributed by atoms with Crippen LogP contribution in [0, 0.1) is 0 Å². The minimum atomic E-state index is 1.17. The van der Waals surface area contributed by atoms with Gasteiger partial charge < -0.3 is 0 Å². The van der Waals surface area contributed by atoms with Gasteiger partial charge in [-0.1, -0.05) is 35.5 Å². The summed E-state index contributed by atoms with van der Waals surface area (Å²) in [7, 11) is 3.53. The number of allylic oxidation sites excluding steroid dienone is 2. The topological polar surface area (TPSA) is 0 Å². The van der Waals surface area contributed by atoms with E-state index in [1.165, 1.54) is 35.6 Å². The summed E-state index contributed by atoms with van der Waals surface area (Å²) in [6.45, 7) is 0. The van der Waals surface area contributed by atoms with Gasteiger partial charge in [0.1, 0.15) is 0 Å². The fourth-order valence-electron chi connectivity index (χ4n) is 1.65. The second kappa shape index (κ2) is 3.28. The van der Waals surface area contributed by atoms with Crippen LogP contribution in [0.15, 0.2) is 30.3 Å². The molecule has 0 amide bonds. The van der Waals surface area contributed by atoms with Gasteiger partial charge in [-0.05, 0) is 30.4 Å².